The van der Waals surface area contributed by atoms with Crippen molar-refractivity contribution in [2.45, 2.75) is 30.5 Å². The number of alkyl halides is 6. The van der Waals surface area contributed by atoms with Gasteiger partial charge in [0.25, 0.3) is 0 Å². The summed E-state index contributed by atoms with van der Waals surface area (Å²) in [7, 11) is 2.32. The molecule has 2 rings (SSSR count). The second kappa shape index (κ2) is 5.36. The molecule has 0 radical (unpaired) electrons. The monoisotopic (exact) mass is 346 g/mol. The first-order valence-corrected chi connectivity index (χ1v) is 6.23. The molecule has 1 atom stereocenters. The number of methoxy groups -OCH3 is 2. The average Bonchev–Trinajstić information content (AvgIpc) is 2.43. The van der Waals surface area contributed by atoms with Crippen LogP contribution in [0.3, 0.4) is 0 Å². The summed E-state index contributed by atoms with van der Waals surface area (Å²) >= 11 is 0. The molecule has 1 aromatic rings. The zero-order chi connectivity index (χ0) is 17.6. The summed E-state index contributed by atoms with van der Waals surface area (Å²) in [5, 5.41) is 9.90. The van der Waals surface area contributed by atoms with Crippen LogP contribution in [0, 0.1) is 0 Å². The Morgan fingerprint density at radius 2 is 1.65 bits per heavy atom. The van der Waals surface area contributed by atoms with Gasteiger partial charge < -0.3 is 19.3 Å². The van der Waals surface area contributed by atoms with Gasteiger partial charge in [-0.25, -0.2) is 0 Å². The predicted molar refractivity (Wildman–Crippen MR) is 64.6 cm³/mol. The third kappa shape index (κ3) is 2.64. The van der Waals surface area contributed by atoms with Gasteiger partial charge in [0.2, 0.25) is 0 Å². The molecule has 10 heteroatoms. The molecule has 1 aliphatic heterocycles. The minimum Gasteiger partial charge on any atom is -0.496 e. The molecular formula is C13H12F6O4. The second-order valence-corrected chi connectivity index (χ2v) is 4.89. The fourth-order valence-corrected chi connectivity index (χ4v) is 2.39. The number of aliphatic hydroxyl groups excluding tert-OH is 1. The predicted octanol–water partition coefficient (Wildman–Crippen LogP) is 3.38. The number of hydrogen-bond donors (Lipinski definition) is 1. The van der Waals surface area contributed by atoms with E-state index in [-0.39, 0.29) is 17.1 Å². The Balaban J connectivity index is 2.67. The number of halogens is 6. The zero-order valence-electron chi connectivity index (χ0n) is 11.9. The van der Waals surface area contributed by atoms with Crippen molar-refractivity contribution >= 4 is 0 Å². The van der Waals surface area contributed by atoms with Crippen molar-refractivity contribution in [3.05, 3.63) is 17.7 Å². The SMILES string of the molecule is COc1cc(OC)c2c(c1)OC(C(F)(F)F)(C(F)(F)F)CC2O. The molecule has 0 aliphatic carbocycles. The lowest BCUT2D eigenvalue weighted by atomic mass is 9.87. The molecular weight excluding hydrogens is 334 g/mol. The number of benzene rings is 1. The maximum Gasteiger partial charge on any atom is 0.437 e. The summed E-state index contributed by atoms with van der Waals surface area (Å²) in [4.78, 5) is 0. The Morgan fingerprint density at radius 1 is 1.09 bits per heavy atom. The zero-order valence-corrected chi connectivity index (χ0v) is 11.9. The quantitative estimate of drug-likeness (QED) is 0.834. The van der Waals surface area contributed by atoms with E-state index in [0.717, 1.165) is 13.2 Å². The molecule has 1 unspecified atom stereocenters. The minimum absolute atomic E-state index is 0.0760. The van der Waals surface area contributed by atoms with Gasteiger partial charge in [-0.05, 0) is 0 Å². The van der Waals surface area contributed by atoms with Gasteiger partial charge in [0.1, 0.15) is 17.2 Å². The summed E-state index contributed by atoms with van der Waals surface area (Å²) in [6.45, 7) is 0. The topological polar surface area (TPSA) is 47.9 Å². The average molecular weight is 346 g/mol. The highest BCUT2D eigenvalue weighted by Gasteiger charge is 2.75. The molecule has 1 aliphatic rings. The standard InChI is InChI=1S/C13H12F6O4/c1-21-6-3-8(22-2)10-7(20)5-11(12(14,15)16,13(17,18)19)23-9(10)4-6/h3-4,7,20H,5H2,1-2H3. The fraction of sp³-hybridized carbons (Fsp3) is 0.538. The van der Waals surface area contributed by atoms with E-state index in [1.54, 1.807) is 0 Å². The van der Waals surface area contributed by atoms with Crippen molar-refractivity contribution in [1.82, 2.24) is 0 Å². The Hall–Kier alpha value is -1.84. The van der Waals surface area contributed by atoms with Crippen molar-refractivity contribution in [2.75, 3.05) is 14.2 Å². The second-order valence-electron chi connectivity index (χ2n) is 4.89. The van der Waals surface area contributed by atoms with E-state index in [4.69, 9.17) is 9.47 Å². The first-order chi connectivity index (χ1) is 10.5. The third-order valence-electron chi connectivity index (χ3n) is 3.55. The van der Waals surface area contributed by atoms with Gasteiger partial charge >= 0.3 is 18.0 Å². The lowest BCUT2D eigenvalue weighted by Gasteiger charge is -2.42. The molecule has 0 spiro atoms. The van der Waals surface area contributed by atoms with Crippen LogP contribution < -0.4 is 14.2 Å². The molecule has 1 aromatic carbocycles. The minimum atomic E-state index is -5.78. The molecule has 0 saturated heterocycles. The van der Waals surface area contributed by atoms with E-state index in [0.29, 0.717) is 0 Å². The van der Waals surface area contributed by atoms with Crippen molar-refractivity contribution in [3.63, 3.8) is 0 Å². The first-order valence-electron chi connectivity index (χ1n) is 6.23. The van der Waals surface area contributed by atoms with Gasteiger partial charge in [0, 0.05) is 18.6 Å². The number of fused-ring (bicyclic) bond motifs is 1. The number of hydrogen-bond acceptors (Lipinski definition) is 4. The van der Waals surface area contributed by atoms with Crippen LogP contribution in [0.5, 0.6) is 17.2 Å². The molecule has 4 nitrogen and oxygen atoms in total. The Kier molecular flexibility index (Phi) is 4.08. The Labute approximate surface area is 126 Å². The van der Waals surface area contributed by atoms with Gasteiger partial charge in [-0.3, -0.25) is 0 Å². The number of rotatable bonds is 2. The van der Waals surface area contributed by atoms with E-state index in [1.165, 1.54) is 13.2 Å². The molecule has 23 heavy (non-hydrogen) atoms. The van der Waals surface area contributed by atoms with Crippen LogP contribution in [0.15, 0.2) is 12.1 Å². The fourth-order valence-electron chi connectivity index (χ4n) is 2.39. The van der Waals surface area contributed by atoms with Gasteiger partial charge in [-0.15, -0.1) is 0 Å². The van der Waals surface area contributed by atoms with E-state index >= 15 is 0 Å². The van der Waals surface area contributed by atoms with Crippen molar-refractivity contribution in [1.29, 1.82) is 0 Å². The van der Waals surface area contributed by atoms with Crippen LogP contribution in [0.4, 0.5) is 26.3 Å². The maximum absolute atomic E-state index is 13.1. The Bertz CT molecular complexity index is 581. The smallest absolute Gasteiger partial charge is 0.437 e. The van der Waals surface area contributed by atoms with E-state index < -0.39 is 36.2 Å². The summed E-state index contributed by atoms with van der Waals surface area (Å²) < 4.78 is 92.6. The molecule has 0 saturated carbocycles. The highest BCUT2D eigenvalue weighted by atomic mass is 19.4. The van der Waals surface area contributed by atoms with Crippen LogP contribution in [-0.2, 0) is 0 Å². The summed E-state index contributed by atoms with van der Waals surface area (Å²) in [6.07, 6.45) is -15.4. The van der Waals surface area contributed by atoms with Gasteiger partial charge in [0.15, 0.2) is 0 Å². The van der Waals surface area contributed by atoms with Gasteiger partial charge in [-0.2, -0.15) is 26.3 Å². The van der Waals surface area contributed by atoms with Crippen LogP contribution >= 0.6 is 0 Å². The van der Waals surface area contributed by atoms with Crippen LogP contribution in [0.1, 0.15) is 18.1 Å². The van der Waals surface area contributed by atoms with Crippen LogP contribution in [0.25, 0.3) is 0 Å². The van der Waals surface area contributed by atoms with Crippen LogP contribution in [-0.4, -0.2) is 37.3 Å². The highest BCUT2D eigenvalue weighted by molar-refractivity contribution is 5.53. The van der Waals surface area contributed by atoms with E-state index in [1.807, 2.05) is 0 Å². The molecule has 1 N–H and O–H groups in total. The largest absolute Gasteiger partial charge is 0.496 e. The van der Waals surface area contributed by atoms with Crippen LogP contribution in [0.2, 0.25) is 0 Å². The van der Waals surface area contributed by atoms with E-state index in [9.17, 15) is 31.4 Å². The highest BCUT2D eigenvalue weighted by Crippen LogP contribution is 2.56. The summed E-state index contributed by atoms with van der Waals surface area (Å²) in [6, 6.07) is 2.06. The molecule has 0 aromatic heterocycles. The molecule has 130 valence electrons. The molecule has 1 heterocycles. The third-order valence-corrected chi connectivity index (χ3v) is 3.55. The lowest BCUT2D eigenvalue weighted by Crippen LogP contribution is -2.63. The Morgan fingerprint density at radius 3 is 2.09 bits per heavy atom. The van der Waals surface area contributed by atoms with Gasteiger partial charge in [0.05, 0.1) is 25.9 Å². The molecule has 0 amide bonds. The van der Waals surface area contributed by atoms with Crippen molar-refractivity contribution in [3.8, 4) is 17.2 Å². The van der Waals surface area contributed by atoms with Crippen molar-refractivity contribution < 1.29 is 45.7 Å². The summed E-state index contributed by atoms with van der Waals surface area (Å²) in [5.41, 5.74) is -4.80. The van der Waals surface area contributed by atoms with Crippen molar-refractivity contribution in [2.24, 2.45) is 0 Å². The molecule has 0 fully saturated rings. The normalized spacial score (nSPS) is 20.5. The van der Waals surface area contributed by atoms with Gasteiger partial charge in [-0.1, -0.05) is 0 Å². The van der Waals surface area contributed by atoms with E-state index in [2.05, 4.69) is 4.74 Å². The molecule has 0 bridgehead atoms. The lowest BCUT2D eigenvalue weighted by molar-refractivity contribution is -0.367. The maximum atomic E-state index is 13.1. The number of ether oxygens (including phenoxy) is 3. The summed E-state index contributed by atoms with van der Waals surface area (Å²) in [5.74, 6) is -1.01. The first kappa shape index (κ1) is 17.5. The number of aliphatic hydroxyl groups is 1.